The molecule has 2 aromatic rings. The lowest BCUT2D eigenvalue weighted by atomic mass is 10.2. The van der Waals surface area contributed by atoms with Gasteiger partial charge in [0.2, 0.25) is 0 Å². The van der Waals surface area contributed by atoms with Gasteiger partial charge in [0.1, 0.15) is 11.5 Å². The van der Waals surface area contributed by atoms with Crippen molar-refractivity contribution >= 4 is 29.1 Å². The third-order valence-corrected chi connectivity index (χ3v) is 3.90. The van der Waals surface area contributed by atoms with Crippen LogP contribution in [0.3, 0.4) is 0 Å². The first kappa shape index (κ1) is 18.4. The Balaban J connectivity index is 1.96. The van der Waals surface area contributed by atoms with Crippen LogP contribution in [-0.2, 0) is 11.3 Å². The minimum atomic E-state index is -0.169. The van der Waals surface area contributed by atoms with Gasteiger partial charge in [0, 0.05) is 30.2 Å². The van der Waals surface area contributed by atoms with E-state index in [0.29, 0.717) is 28.9 Å². The first-order valence-corrected chi connectivity index (χ1v) is 8.29. The molecule has 0 atom stereocenters. The highest BCUT2D eigenvalue weighted by Crippen LogP contribution is 2.27. The van der Waals surface area contributed by atoms with Crippen molar-refractivity contribution in [3.8, 4) is 11.5 Å². The molecule has 0 aliphatic heterocycles. The van der Waals surface area contributed by atoms with Crippen LogP contribution >= 0.6 is 23.2 Å². The molecular formula is C18H19Cl2NO3. The molecule has 0 spiro atoms. The number of carbonyl (C=O) groups excluding carboxylic acids is 1. The van der Waals surface area contributed by atoms with Gasteiger partial charge in [-0.05, 0) is 25.1 Å². The summed E-state index contributed by atoms with van der Waals surface area (Å²) in [6, 6.07) is 12.5. The molecule has 4 nitrogen and oxygen atoms in total. The Labute approximate surface area is 151 Å². The van der Waals surface area contributed by atoms with Crippen molar-refractivity contribution in [1.29, 1.82) is 0 Å². The normalized spacial score (nSPS) is 10.3. The maximum atomic E-state index is 12.3. The predicted molar refractivity (Wildman–Crippen MR) is 96.0 cm³/mol. The SMILES string of the molecule is CCOc1ccccc1CN(C)C(=O)COc1cc(Cl)ccc1Cl. The number of ether oxygens (including phenoxy) is 2. The lowest BCUT2D eigenvalue weighted by Crippen LogP contribution is -2.31. The van der Waals surface area contributed by atoms with Crippen molar-refractivity contribution in [3.05, 3.63) is 58.1 Å². The molecule has 0 radical (unpaired) electrons. The van der Waals surface area contributed by atoms with E-state index in [-0.39, 0.29) is 12.5 Å². The number of likely N-dealkylation sites (N-methyl/N-ethyl adjacent to an activating group) is 1. The topological polar surface area (TPSA) is 38.8 Å². The van der Waals surface area contributed by atoms with E-state index in [2.05, 4.69) is 0 Å². The van der Waals surface area contributed by atoms with Gasteiger partial charge in [-0.3, -0.25) is 4.79 Å². The average Bonchev–Trinajstić information content (AvgIpc) is 2.57. The Morgan fingerprint density at radius 3 is 2.58 bits per heavy atom. The summed E-state index contributed by atoms with van der Waals surface area (Å²) in [7, 11) is 1.72. The number of hydrogen-bond acceptors (Lipinski definition) is 3. The van der Waals surface area contributed by atoms with E-state index < -0.39 is 0 Å². The number of carbonyl (C=O) groups is 1. The van der Waals surface area contributed by atoms with Crippen LogP contribution in [0.2, 0.25) is 10.0 Å². The largest absolute Gasteiger partial charge is 0.494 e. The van der Waals surface area contributed by atoms with E-state index in [1.54, 1.807) is 30.1 Å². The van der Waals surface area contributed by atoms with Crippen LogP contribution in [0.4, 0.5) is 0 Å². The fourth-order valence-corrected chi connectivity index (χ4v) is 2.45. The van der Waals surface area contributed by atoms with E-state index in [1.807, 2.05) is 31.2 Å². The Bertz CT molecular complexity index is 706. The van der Waals surface area contributed by atoms with Gasteiger partial charge in [0.05, 0.1) is 11.6 Å². The second-order valence-electron chi connectivity index (χ2n) is 5.15. The molecule has 6 heteroatoms. The second kappa shape index (κ2) is 8.81. The van der Waals surface area contributed by atoms with Crippen LogP contribution in [0, 0.1) is 0 Å². The Kier molecular flexibility index (Phi) is 6.76. The molecule has 0 bridgehead atoms. The lowest BCUT2D eigenvalue weighted by Gasteiger charge is -2.19. The predicted octanol–water partition coefficient (Wildman–Crippen LogP) is 4.43. The summed E-state index contributed by atoms with van der Waals surface area (Å²) in [5.41, 5.74) is 0.941. The zero-order chi connectivity index (χ0) is 17.5. The van der Waals surface area contributed by atoms with Crippen LogP contribution < -0.4 is 9.47 Å². The number of nitrogens with zero attached hydrogens (tertiary/aromatic N) is 1. The number of amides is 1. The van der Waals surface area contributed by atoms with Gasteiger partial charge in [-0.15, -0.1) is 0 Å². The van der Waals surface area contributed by atoms with Crippen molar-refractivity contribution < 1.29 is 14.3 Å². The molecule has 1 amide bonds. The molecule has 0 fully saturated rings. The molecule has 0 unspecified atom stereocenters. The summed E-state index contributed by atoms with van der Waals surface area (Å²) in [4.78, 5) is 13.8. The molecule has 24 heavy (non-hydrogen) atoms. The zero-order valence-corrected chi connectivity index (χ0v) is 15.1. The van der Waals surface area contributed by atoms with Gasteiger partial charge in [-0.25, -0.2) is 0 Å². The fourth-order valence-electron chi connectivity index (χ4n) is 2.11. The number of benzene rings is 2. The van der Waals surface area contributed by atoms with Crippen molar-refractivity contribution in [2.45, 2.75) is 13.5 Å². The first-order valence-electron chi connectivity index (χ1n) is 7.53. The summed E-state index contributed by atoms with van der Waals surface area (Å²) < 4.78 is 11.1. The second-order valence-corrected chi connectivity index (χ2v) is 6.00. The third-order valence-electron chi connectivity index (χ3n) is 3.35. The van der Waals surface area contributed by atoms with Gasteiger partial charge in [-0.1, -0.05) is 41.4 Å². The average molecular weight is 368 g/mol. The Hall–Kier alpha value is -1.91. The smallest absolute Gasteiger partial charge is 0.260 e. The molecule has 0 saturated carbocycles. The molecule has 0 N–H and O–H groups in total. The highest BCUT2D eigenvalue weighted by Gasteiger charge is 2.13. The molecule has 0 aromatic heterocycles. The monoisotopic (exact) mass is 367 g/mol. The van der Waals surface area contributed by atoms with Crippen LogP contribution in [0.15, 0.2) is 42.5 Å². The van der Waals surface area contributed by atoms with Crippen LogP contribution in [0.1, 0.15) is 12.5 Å². The summed E-state index contributed by atoms with van der Waals surface area (Å²) in [5, 5.41) is 0.914. The molecule has 0 aliphatic rings. The quantitative estimate of drug-likeness (QED) is 0.726. The molecule has 0 saturated heterocycles. The minimum Gasteiger partial charge on any atom is -0.494 e. The number of halogens is 2. The molecule has 2 aromatic carbocycles. The van der Waals surface area contributed by atoms with Crippen molar-refractivity contribution in [2.75, 3.05) is 20.3 Å². The first-order chi connectivity index (χ1) is 11.5. The number of rotatable bonds is 7. The standard InChI is InChI=1S/C18H19Cl2NO3/c1-3-23-16-7-5-4-6-13(16)11-21(2)18(22)12-24-17-10-14(19)8-9-15(17)20/h4-10H,3,11-12H2,1-2H3. The maximum Gasteiger partial charge on any atom is 0.260 e. The maximum absolute atomic E-state index is 12.3. The number of para-hydroxylation sites is 1. The fraction of sp³-hybridized carbons (Fsp3) is 0.278. The minimum absolute atomic E-state index is 0.118. The molecule has 128 valence electrons. The lowest BCUT2D eigenvalue weighted by molar-refractivity contribution is -0.132. The highest BCUT2D eigenvalue weighted by molar-refractivity contribution is 6.34. The van der Waals surface area contributed by atoms with Gasteiger partial charge < -0.3 is 14.4 Å². The highest BCUT2D eigenvalue weighted by atomic mass is 35.5. The summed E-state index contributed by atoms with van der Waals surface area (Å²) in [6.07, 6.45) is 0. The van der Waals surface area contributed by atoms with Crippen molar-refractivity contribution in [1.82, 2.24) is 4.90 Å². The molecule has 0 heterocycles. The van der Waals surface area contributed by atoms with Gasteiger partial charge in [0.15, 0.2) is 6.61 Å². The zero-order valence-electron chi connectivity index (χ0n) is 13.6. The summed E-state index contributed by atoms with van der Waals surface area (Å²) >= 11 is 11.9. The Morgan fingerprint density at radius 1 is 1.08 bits per heavy atom. The van der Waals surface area contributed by atoms with Crippen LogP contribution in [0.25, 0.3) is 0 Å². The van der Waals surface area contributed by atoms with Crippen molar-refractivity contribution in [2.24, 2.45) is 0 Å². The van der Waals surface area contributed by atoms with Crippen molar-refractivity contribution in [3.63, 3.8) is 0 Å². The molecule has 0 aliphatic carbocycles. The van der Waals surface area contributed by atoms with E-state index >= 15 is 0 Å². The van der Waals surface area contributed by atoms with E-state index in [0.717, 1.165) is 11.3 Å². The molecular weight excluding hydrogens is 349 g/mol. The summed E-state index contributed by atoms with van der Waals surface area (Å²) in [5.74, 6) is 0.997. The van der Waals surface area contributed by atoms with Crippen LogP contribution in [0.5, 0.6) is 11.5 Å². The van der Waals surface area contributed by atoms with E-state index in [9.17, 15) is 4.79 Å². The third kappa shape index (κ3) is 5.05. The molecule has 2 rings (SSSR count). The van der Waals surface area contributed by atoms with Crippen LogP contribution in [-0.4, -0.2) is 31.1 Å². The van der Waals surface area contributed by atoms with Gasteiger partial charge >= 0.3 is 0 Å². The summed E-state index contributed by atoms with van der Waals surface area (Å²) in [6.45, 7) is 2.81. The number of hydrogen-bond donors (Lipinski definition) is 0. The van der Waals surface area contributed by atoms with Gasteiger partial charge in [-0.2, -0.15) is 0 Å². The van der Waals surface area contributed by atoms with Gasteiger partial charge in [0.25, 0.3) is 5.91 Å². The van der Waals surface area contributed by atoms with E-state index in [1.165, 1.54) is 0 Å². The Morgan fingerprint density at radius 2 is 1.83 bits per heavy atom. The van der Waals surface area contributed by atoms with E-state index in [4.69, 9.17) is 32.7 Å².